The minimum atomic E-state index is -1.06. The summed E-state index contributed by atoms with van der Waals surface area (Å²) in [5.41, 5.74) is -0.383. The quantitative estimate of drug-likeness (QED) is 0.513. The van der Waals surface area contributed by atoms with Crippen molar-refractivity contribution < 1.29 is 18.4 Å². The van der Waals surface area contributed by atoms with Gasteiger partial charge in [-0.15, -0.1) is 5.10 Å². The Morgan fingerprint density at radius 3 is 2.66 bits per heavy atom. The van der Waals surface area contributed by atoms with E-state index in [1.807, 2.05) is 4.98 Å². The molecule has 0 saturated carbocycles. The number of carbonyl (C=O) groups excluding carboxylic acids is 1. The lowest BCUT2D eigenvalue weighted by atomic mass is 10.1. The molecule has 0 spiro atoms. The molecular weight excluding hydrogens is 432 g/mol. The van der Waals surface area contributed by atoms with E-state index in [2.05, 4.69) is 25.2 Å². The Morgan fingerprint density at radius 1 is 1.31 bits per heavy atom. The lowest BCUT2D eigenvalue weighted by Crippen LogP contribution is -2.16. The maximum absolute atomic E-state index is 14.6. The van der Waals surface area contributed by atoms with E-state index in [1.54, 1.807) is 13.8 Å². The molecule has 2 aromatic heterocycles. The summed E-state index contributed by atoms with van der Waals surface area (Å²) in [6.45, 7) is 3.60. The Morgan fingerprint density at radius 2 is 2.03 bits per heavy atom. The van der Waals surface area contributed by atoms with Crippen LogP contribution in [0.15, 0.2) is 26.2 Å². The Kier molecular flexibility index (Phi) is 5.71. The van der Waals surface area contributed by atoms with Gasteiger partial charge in [0.2, 0.25) is 11.7 Å². The van der Waals surface area contributed by atoms with Gasteiger partial charge in [-0.25, -0.2) is 14.3 Å². The number of nitrogens with zero attached hydrogens (tertiary/aromatic N) is 2. The zero-order chi connectivity index (χ0) is 21.3. The van der Waals surface area contributed by atoms with Crippen molar-refractivity contribution in [1.82, 2.24) is 20.3 Å². The van der Waals surface area contributed by atoms with Gasteiger partial charge < -0.3 is 10.1 Å². The molecule has 0 fully saturated rings. The van der Waals surface area contributed by atoms with Gasteiger partial charge in [0, 0.05) is 11.6 Å². The summed E-state index contributed by atoms with van der Waals surface area (Å²) in [5.74, 6) is -3.89. The summed E-state index contributed by atoms with van der Waals surface area (Å²) >= 11 is 12.1. The SMILES string of the molecule is CC(C)c1cc(Oc2c(Cl)cc(NC(=O)c3noc(=O)[nH]3)c(F)c2Cl)n[nH]c1=O. The molecule has 13 heteroatoms. The molecule has 2 heterocycles. The second-order valence-electron chi connectivity index (χ2n) is 6.01. The van der Waals surface area contributed by atoms with Crippen LogP contribution in [0, 0.1) is 5.82 Å². The predicted molar refractivity (Wildman–Crippen MR) is 101 cm³/mol. The summed E-state index contributed by atoms with van der Waals surface area (Å²) in [5, 5.41) is 10.6. The maximum atomic E-state index is 14.6. The van der Waals surface area contributed by atoms with Gasteiger partial charge in [-0.3, -0.25) is 19.1 Å². The van der Waals surface area contributed by atoms with Gasteiger partial charge in [0.15, 0.2) is 11.6 Å². The lowest BCUT2D eigenvalue weighted by Gasteiger charge is -2.13. The predicted octanol–water partition coefficient (Wildman–Crippen LogP) is 3.06. The number of H-pyrrole nitrogens is 2. The van der Waals surface area contributed by atoms with Crippen LogP contribution in [0.1, 0.15) is 35.9 Å². The fourth-order valence-electron chi connectivity index (χ4n) is 2.26. The number of benzene rings is 1. The molecule has 3 aromatic rings. The second-order valence-corrected chi connectivity index (χ2v) is 6.79. The van der Waals surface area contributed by atoms with Crippen molar-refractivity contribution >= 4 is 34.8 Å². The van der Waals surface area contributed by atoms with Crippen molar-refractivity contribution in [2.24, 2.45) is 0 Å². The van der Waals surface area contributed by atoms with Crippen LogP contribution in [0.5, 0.6) is 11.6 Å². The molecule has 1 aromatic carbocycles. The molecule has 0 aliphatic carbocycles. The first-order valence-corrected chi connectivity index (χ1v) is 8.75. The molecule has 0 unspecified atom stereocenters. The highest BCUT2D eigenvalue weighted by atomic mass is 35.5. The van der Waals surface area contributed by atoms with Gasteiger partial charge in [-0.1, -0.05) is 37.0 Å². The molecule has 152 valence electrons. The molecule has 10 nitrogen and oxygen atoms in total. The third kappa shape index (κ3) is 4.30. The summed E-state index contributed by atoms with van der Waals surface area (Å²) in [7, 11) is 0. The third-order valence-corrected chi connectivity index (χ3v) is 4.28. The summed E-state index contributed by atoms with van der Waals surface area (Å²) < 4.78 is 24.3. The molecule has 0 saturated heterocycles. The summed E-state index contributed by atoms with van der Waals surface area (Å²) in [6, 6.07) is 2.42. The number of nitrogens with one attached hydrogen (secondary N) is 3. The fourth-order valence-corrected chi connectivity index (χ4v) is 2.79. The van der Waals surface area contributed by atoms with Gasteiger partial charge >= 0.3 is 5.76 Å². The smallest absolute Gasteiger partial charge is 0.434 e. The number of halogens is 3. The Labute approximate surface area is 171 Å². The Hall–Kier alpha value is -3.18. The number of hydrogen-bond donors (Lipinski definition) is 3. The Balaban J connectivity index is 1.91. The van der Waals surface area contributed by atoms with Crippen LogP contribution in [-0.4, -0.2) is 26.2 Å². The van der Waals surface area contributed by atoms with Crippen molar-refractivity contribution in [3.8, 4) is 11.6 Å². The van der Waals surface area contributed by atoms with E-state index in [-0.39, 0.29) is 28.1 Å². The molecular formula is C16H12Cl2FN5O5. The van der Waals surface area contributed by atoms with Crippen molar-refractivity contribution in [2.45, 2.75) is 19.8 Å². The minimum Gasteiger partial charge on any atom is -0.434 e. The summed E-state index contributed by atoms with van der Waals surface area (Å²) in [4.78, 5) is 36.7. The second kappa shape index (κ2) is 8.05. The maximum Gasteiger partial charge on any atom is 0.439 e. The van der Waals surface area contributed by atoms with Crippen LogP contribution in [0.4, 0.5) is 10.1 Å². The highest BCUT2D eigenvalue weighted by Gasteiger charge is 2.22. The van der Waals surface area contributed by atoms with Crippen molar-refractivity contribution in [2.75, 3.05) is 5.32 Å². The standard InChI is InChI=1S/C16H12Cl2FN5O5/c1-5(2)6-3-9(22-23-14(6)25)28-12-7(17)4-8(11(19)10(12)18)20-15(26)13-21-16(27)29-24-13/h3-5H,1-2H3,(H,20,26)(H,23,25)(H,21,24,27). The van der Waals surface area contributed by atoms with Crippen LogP contribution in [0.25, 0.3) is 0 Å². The topological polar surface area (TPSA) is 143 Å². The number of hydrogen-bond acceptors (Lipinski definition) is 7. The van der Waals surface area contributed by atoms with Crippen molar-refractivity contribution in [3.63, 3.8) is 0 Å². The number of ether oxygens (including phenoxy) is 1. The first kappa shape index (κ1) is 20.6. The van der Waals surface area contributed by atoms with Gasteiger partial charge in [-0.05, 0) is 17.1 Å². The van der Waals surface area contributed by atoms with Crippen molar-refractivity contribution in [3.05, 3.63) is 60.3 Å². The lowest BCUT2D eigenvalue weighted by molar-refractivity contribution is 0.101. The zero-order valence-electron chi connectivity index (χ0n) is 14.8. The average molecular weight is 444 g/mol. The van der Waals surface area contributed by atoms with E-state index < -0.39 is 34.0 Å². The normalized spacial score (nSPS) is 11.0. The van der Waals surface area contributed by atoms with E-state index >= 15 is 0 Å². The zero-order valence-corrected chi connectivity index (χ0v) is 16.3. The molecule has 3 rings (SSSR count). The monoisotopic (exact) mass is 443 g/mol. The fraction of sp³-hybridized carbons (Fsp3) is 0.188. The molecule has 0 aliphatic rings. The number of aromatic nitrogens is 4. The molecule has 1 amide bonds. The van der Waals surface area contributed by atoms with Gasteiger partial charge in [0.05, 0.1) is 10.7 Å². The molecule has 0 radical (unpaired) electrons. The van der Waals surface area contributed by atoms with E-state index in [0.717, 1.165) is 6.07 Å². The molecule has 29 heavy (non-hydrogen) atoms. The molecule has 0 bridgehead atoms. The van der Waals surface area contributed by atoms with Crippen LogP contribution in [0.3, 0.4) is 0 Å². The van der Waals surface area contributed by atoms with E-state index in [0.29, 0.717) is 5.56 Å². The van der Waals surface area contributed by atoms with Crippen LogP contribution >= 0.6 is 23.2 Å². The minimum absolute atomic E-state index is 0.0616. The molecule has 0 atom stereocenters. The Bertz CT molecular complexity index is 1200. The van der Waals surface area contributed by atoms with Crippen LogP contribution in [0.2, 0.25) is 10.0 Å². The number of anilines is 1. The molecule has 3 N–H and O–H groups in total. The van der Waals surface area contributed by atoms with E-state index in [9.17, 15) is 18.8 Å². The number of amides is 1. The number of rotatable bonds is 5. The highest BCUT2D eigenvalue weighted by molar-refractivity contribution is 6.38. The van der Waals surface area contributed by atoms with Gasteiger partial charge in [0.1, 0.15) is 5.02 Å². The van der Waals surface area contributed by atoms with E-state index in [1.165, 1.54) is 6.07 Å². The number of aromatic amines is 2. The molecule has 0 aliphatic heterocycles. The van der Waals surface area contributed by atoms with Gasteiger partial charge in [-0.2, -0.15) is 0 Å². The first-order chi connectivity index (χ1) is 13.7. The highest BCUT2D eigenvalue weighted by Crippen LogP contribution is 2.41. The summed E-state index contributed by atoms with van der Waals surface area (Å²) in [6.07, 6.45) is 0. The van der Waals surface area contributed by atoms with Crippen molar-refractivity contribution in [1.29, 1.82) is 0 Å². The third-order valence-electron chi connectivity index (χ3n) is 3.66. The number of carbonyl (C=O) groups is 1. The van der Waals surface area contributed by atoms with E-state index in [4.69, 9.17) is 27.9 Å². The first-order valence-electron chi connectivity index (χ1n) is 7.99. The van der Waals surface area contributed by atoms with Gasteiger partial charge in [0.25, 0.3) is 11.5 Å². The largest absolute Gasteiger partial charge is 0.439 e. The van der Waals surface area contributed by atoms with Crippen LogP contribution < -0.4 is 21.4 Å². The average Bonchev–Trinajstić information content (AvgIpc) is 3.10. The van der Waals surface area contributed by atoms with Crippen LogP contribution in [-0.2, 0) is 0 Å².